The summed E-state index contributed by atoms with van der Waals surface area (Å²) in [4.78, 5) is 16.4. The van der Waals surface area contributed by atoms with Crippen LogP contribution in [0.2, 0.25) is 0 Å². The van der Waals surface area contributed by atoms with E-state index in [2.05, 4.69) is 20.5 Å². The van der Waals surface area contributed by atoms with E-state index in [1.54, 1.807) is 12.3 Å². The zero-order valence-corrected chi connectivity index (χ0v) is 17.1. The lowest BCUT2D eigenvalue weighted by molar-refractivity contribution is -0.385. The number of pyridine rings is 1. The summed E-state index contributed by atoms with van der Waals surface area (Å²) in [5.41, 5.74) is -0.255. The summed E-state index contributed by atoms with van der Waals surface area (Å²) < 4.78 is 27.1. The van der Waals surface area contributed by atoms with E-state index in [-0.39, 0.29) is 23.7 Å². The van der Waals surface area contributed by atoms with Gasteiger partial charge in [0, 0.05) is 44.5 Å². The summed E-state index contributed by atoms with van der Waals surface area (Å²) in [6.45, 7) is 1.33. The summed E-state index contributed by atoms with van der Waals surface area (Å²) >= 11 is 0. The minimum Gasteiger partial charge on any atom is -0.352 e. The second-order valence-corrected chi connectivity index (χ2v) is 8.70. The normalized spacial score (nSPS) is 14.9. The predicted molar refractivity (Wildman–Crippen MR) is 114 cm³/mol. The number of piperazine rings is 1. The molecule has 0 aliphatic carbocycles. The lowest BCUT2D eigenvalue weighted by Crippen LogP contribution is -2.49. The molecule has 1 saturated heterocycles. The highest BCUT2D eigenvalue weighted by molar-refractivity contribution is 7.89. The molecule has 3 aromatic rings. The number of hydrogen-bond donors (Lipinski definition) is 1. The second-order valence-electron chi connectivity index (χ2n) is 6.76. The molecule has 160 valence electrons. The van der Waals surface area contributed by atoms with Gasteiger partial charge in [-0.25, -0.2) is 13.4 Å². The molecule has 1 aromatic carbocycles. The molecule has 0 unspecified atom stereocenters. The Balaban J connectivity index is 1.40. The number of nitrogens with zero attached hydrogens (tertiary/aromatic N) is 6. The Hall–Kier alpha value is -3.64. The van der Waals surface area contributed by atoms with Crippen molar-refractivity contribution in [3.8, 4) is 0 Å². The van der Waals surface area contributed by atoms with Crippen LogP contribution in [0, 0.1) is 10.1 Å². The van der Waals surface area contributed by atoms with Crippen molar-refractivity contribution in [3.63, 3.8) is 0 Å². The highest BCUT2D eigenvalue weighted by atomic mass is 32.2. The van der Waals surface area contributed by atoms with Gasteiger partial charge < -0.3 is 10.2 Å². The van der Waals surface area contributed by atoms with Crippen molar-refractivity contribution in [2.75, 3.05) is 36.4 Å². The van der Waals surface area contributed by atoms with E-state index in [1.165, 1.54) is 22.5 Å². The van der Waals surface area contributed by atoms with Gasteiger partial charge in [-0.1, -0.05) is 12.1 Å². The fraction of sp³-hybridized carbons (Fsp3) is 0.211. The van der Waals surface area contributed by atoms with Crippen LogP contribution in [0.15, 0.2) is 65.7 Å². The maximum absolute atomic E-state index is 12.9. The Bertz CT molecular complexity index is 1170. The van der Waals surface area contributed by atoms with Crippen LogP contribution in [0.4, 0.5) is 23.1 Å². The van der Waals surface area contributed by atoms with Crippen molar-refractivity contribution in [2.45, 2.75) is 4.90 Å². The number of nitro benzene ring substituents is 1. The average molecular weight is 441 g/mol. The maximum atomic E-state index is 12.9. The van der Waals surface area contributed by atoms with Gasteiger partial charge in [0.15, 0.2) is 11.6 Å². The van der Waals surface area contributed by atoms with E-state index in [0.29, 0.717) is 30.5 Å². The van der Waals surface area contributed by atoms with Gasteiger partial charge in [-0.05, 0) is 30.3 Å². The number of hydrogen-bond acceptors (Lipinski definition) is 9. The Morgan fingerprint density at radius 1 is 0.935 bits per heavy atom. The number of nitro groups is 1. The van der Waals surface area contributed by atoms with Crippen molar-refractivity contribution in [1.29, 1.82) is 0 Å². The van der Waals surface area contributed by atoms with Gasteiger partial charge in [-0.2, -0.15) is 4.31 Å². The zero-order chi connectivity index (χ0) is 21.8. The van der Waals surface area contributed by atoms with Gasteiger partial charge in [0.25, 0.3) is 5.69 Å². The van der Waals surface area contributed by atoms with Gasteiger partial charge in [-0.3, -0.25) is 10.1 Å². The Morgan fingerprint density at radius 3 is 2.39 bits per heavy atom. The Kier molecular flexibility index (Phi) is 5.73. The first kappa shape index (κ1) is 20.6. The van der Waals surface area contributed by atoms with Crippen molar-refractivity contribution in [2.24, 2.45) is 0 Å². The SMILES string of the molecule is O=[N+]([O-])c1cccc(S(=O)(=O)N2CCN(c3ccc(Nc4ccccn4)nn3)CC2)c1. The lowest BCUT2D eigenvalue weighted by Gasteiger charge is -2.34. The largest absolute Gasteiger partial charge is 0.352 e. The zero-order valence-electron chi connectivity index (χ0n) is 16.3. The molecule has 4 rings (SSSR count). The lowest BCUT2D eigenvalue weighted by atomic mass is 10.3. The van der Waals surface area contributed by atoms with E-state index in [0.717, 1.165) is 6.07 Å². The smallest absolute Gasteiger partial charge is 0.270 e. The molecule has 31 heavy (non-hydrogen) atoms. The molecule has 0 amide bonds. The molecular formula is C19H19N7O4S. The highest BCUT2D eigenvalue weighted by Gasteiger charge is 2.30. The molecule has 2 aromatic heterocycles. The second kappa shape index (κ2) is 8.62. The minimum absolute atomic E-state index is 0.0834. The van der Waals surface area contributed by atoms with Crippen LogP contribution in [0.1, 0.15) is 0 Å². The summed E-state index contributed by atoms with van der Waals surface area (Å²) in [6, 6.07) is 14.2. The fourth-order valence-electron chi connectivity index (χ4n) is 3.19. The van der Waals surface area contributed by atoms with Crippen LogP contribution in [-0.4, -0.2) is 59.0 Å². The molecule has 12 heteroatoms. The monoisotopic (exact) mass is 441 g/mol. The first-order valence-electron chi connectivity index (χ1n) is 9.45. The summed E-state index contributed by atoms with van der Waals surface area (Å²) in [5, 5.41) is 22.4. The first-order chi connectivity index (χ1) is 14.9. The number of sulfonamides is 1. The fourth-order valence-corrected chi connectivity index (χ4v) is 4.66. The molecule has 1 N–H and O–H groups in total. The third kappa shape index (κ3) is 4.59. The van der Waals surface area contributed by atoms with Crippen molar-refractivity contribution < 1.29 is 13.3 Å². The molecule has 1 fully saturated rings. The molecule has 0 radical (unpaired) electrons. The number of anilines is 3. The van der Waals surface area contributed by atoms with Crippen LogP contribution in [0.5, 0.6) is 0 Å². The van der Waals surface area contributed by atoms with Crippen LogP contribution in [0.3, 0.4) is 0 Å². The molecule has 1 aliphatic rings. The molecule has 0 saturated carbocycles. The third-order valence-corrected chi connectivity index (χ3v) is 6.69. The summed E-state index contributed by atoms with van der Waals surface area (Å²) in [7, 11) is -3.82. The van der Waals surface area contributed by atoms with Crippen molar-refractivity contribution in [3.05, 3.63) is 70.9 Å². The highest BCUT2D eigenvalue weighted by Crippen LogP contribution is 2.23. The number of nitrogens with one attached hydrogen (secondary N) is 1. The van der Waals surface area contributed by atoms with Gasteiger partial charge in [-0.15, -0.1) is 10.2 Å². The quantitative estimate of drug-likeness (QED) is 0.450. The van der Waals surface area contributed by atoms with E-state index in [1.807, 2.05) is 29.2 Å². The van der Waals surface area contributed by atoms with E-state index < -0.39 is 14.9 Å². The van der Waals surface area contributed by atoms with E-state index in [4.69, 9.17) is 0 Å². The topological polar surface area (TPSA) is 134 Å². The van der Waals surface area contributed by atoms with Gasteiger partial charge in [0.05, 0.1) is 9.82 Å². The van der Waals surface area contributed by atoms with Crippen LogP contribution >= 0.6 is 0 Å². The van der Waals surface area contributed by atoms with Crippen LogP contribution in [-0.2, 0) is 10.0 Å². The van der Waals surface area contributed by atoms with Gasteiger partial charge in [0.1, 0.15) is 5.82 Å². The minimum atomic E-state index is -3.82. The van der Waals surface area contributed by atoms with Crippen LogP contribution in [0.25, 0.3) is 0 Å². The van der Waals surface area contributed by atoms with Crippen molar-refractivity contribution in [1.82, 2.24) is 19.5 Å². The Morgan fingerprint density at radius 2 is 1.74 bits per heavy atom. The maximum Gasteiger partial charge on any atom is 0.270 e. The van der Waals surface area contributed by atoms with Crippen molar-refractivity contribution >= 4 is 33.2 Å². The standard InChI is InChI=1S/C19H19N7O4S/c27-26(28)15-4-3-5-16(14-15)31(29,30)25-12-10-24(11-13-25)19-8-7-18(22-23-19)21-17-6-1-2-9-20-17/h1-9,14H,10-13H2,(H,20,21,22). The molecule has 3 heterocycles. The summed E-state index contributed by atoms with van der Waals surface area (Å²) in [5.74, 6) is 1.85. The number of aromatic nitrogens is 3. The number of rotatable bonds is 6. The van der Waals surface area contributed by atoms with E-state index >= 15 is 0 Å². The van der Waals surface area contributed by atoms with Gasteiger partial charge in [0.2, 0.25) is 10.0 Å². The molecule has 0 atom stereocenters. The van der Waals surface area contributed by atoms with E-state index in [9.17, 15) is 18.5 Å². The number of benzene rings is 1. The third-order valence-electron chi connectivity index (χ3n) is 4.80. The molecule has 11 nitrogen and oxygen atoms in total. The van der Waals surface area contributed by atoms with Crippen LogP contribution < -0.4 is 10.2 Å². The summed E-state index contributed by atoms with van der Waals surface area (Å²) in [6.07, 6.45) is 1.67. The first-order valence-corrected chi connectivity index (χ1v) is 10.9. The molecule has 0 bridgehead atoms. The molecular weight excluding hydrogens is 422 g/mol. The number of non-ortho nitro benzene ring substituents is 1. The average Bonchev–Trinajstić information content (AvgIpc) is 2.80. The van der Waals surface area contributed by atoms with Gasteiger partial charge >= 0.3 is 0 Å². The predicted octanol–water partition coefficient (Wildman–Crippen LogP) is 2.03. The Labute approximate surface area is 178 Å². The molecule has 0 spiro atoms. The molecule has 1 aliphatic heterocycles.